The van der Waals surface area contributed by atoms with Crippen molar-refractivity contribution in [2.45, 2.75) is 12.8 Å². The van der Waals surface area contributed by atoms with Crippen molar-refractivity contribution in [3.05, 3.63) is 72.3 Å². The monoisotopic (exact) mass is 413 g/mol. The largest absolute Gasteiger partial charge is 0.484 e. The van der Waals surface area contributed by atoms with Crippen molar-refractivity contribution >= 4 is 34.3 Å². The lowest BCUT2D eigenvalue weighted by molar-refractivity contribution is -0.118. The third-order valence-electron chi connectivity index (χ3n) is 5.05. The zero-order valence-corrected chi connectivity index (χ0v) is 16.6. The van der Waals surface area contributed by atoms with E-state index in [-0.39, 0.29) is 18.4 Å². The molecular formula is C24H19N3O4. The Labute approximate surface area is 178 Å². The summed E-state index contributed by atoms with van der Waals surface area (Å²) in [4.78, 5) is 28.2. The molecule has 0 aliphatic carbocycles. The van der Waals surface area contributed by atoms with Gasteiger partial charge < -0.3 is 19.8 Å². The van der Waals surface area contributed by atoms with Crippen molar-refractivity contribution in [2.75, 3.05) is 17.2 Å². The number of nitrogens with one attached hydrogen (secondary N) is 2. The first-order valence-electron chi connectivity index (χ1n) is 9.95. The topological polar surface area (TPSA) is 93.5 Å². The summed E-state index contributed by atoms with van der Waals surface area (Å²) < 4.78 is 11.4. The molecule has 3 aromatic carbocycles. The summed E-state index contributed by atoms with van der Waals surface area (Å²) in [5.74, 6) is 0.880. The maximum absolute atomic E-state index is 12.3. The lowest BCUT2D eigenvalue weighted by atomic mass is 10.0. The summed E-state index contributed by atoms with van der Waals surface area (Å²) in [6.45, 7) is -0.113. The number of fused-ring (bicyclic) bond motifs is 2. The molecule has 0 saturated heterocycles. The lowest BCUT2D eigenvalue weighted by Crippen LogP contribution is -2.21. The van der Waals surface area contributed by atoms with Gasteiger partial charge in [0.05, 0.1) is 0 Å². The zero-order valence-electron chi connectivity index (χ0n) is 16.6. The predicted octanol–water partition coefficient (Wildman–Crippen LogP) is 4.40. The second kappa shape index (κ2) is 7.95. The third-order valence-corrected chi connectivity index (χ3v) is 5.05. The minimum absolute atomic E-state index is 0.0164. The Morgan fingerprint density at radius 2 is 1.90 bits per heavy atom. The van der Waals surface area contributed by atoms with E-state index in [1.165, 1.54) is 0 Å². The molecule has 1 aromatic heterocycles. The molecule has 0 atom stereocenters. The second-order valence-corrected chi connectivity index (χ2v) is 7.27. The number of amides is 2. The Morgan fingerprint density at radius 3 is 2.74 bits per heavy atom. The lowest BCUT2D eigenvalue weighted by Gasteiger charge is -2.17. The van der Waals surface area contributed by atoms with Gasteiger partial charge in [-0.05, 0) is 66.6 Å². The van der Waals surface area contributed by atoms with Gasteiger partial charge in [-0.2, -0.15) is 0 Å². The van der Waals surface area contributed by atoms with Crippen molar-refractivity contribution in [3.63, 3.8) is 0 Å². The standard InChI is InChI=1S/C24H19N3O4/c28-22-12-7-16-13-18(10-11-19(16)26-22)30-14-23(29)25-17-8-5-15(6-9-17)24-27-20-3-1-2-4-21(20)31-24/h1-6,8-11,13H,7,12,14H2,(H,25,29)(H,26,28). The molecule has 2 heterocycles. The third kappa shape index (κ3) is 4.11. The molecule has 5 rings (SSSR count). The summed E-state index contributed by atoms with van der Waals surface area (Å²) in [7, 11) is 0. The van der Waals surface area contributed by atoms with Crippen LogP contribution in [0.1, 0.15) is 12.0 Å². The van der Waals surface area contributed by atoms with Crippen LogP contribution in [0.15, 0.2) is 71.1 Å². The molecule has 4 aromatic rings. The van der Waals surface area contributed by atoms with Gasteiger partial charge in [0.15, 0.2) is 12.2 Å². The number of anilines is 2. The van der Waals surface area contributed by atoms with Crippen LogP contribution >= 0.6 is 0 Å². The Bertz CT molecular complexity index is 1240. The quantitative estimate of drug-likeness (QED) is 0.506. The van der Waals surface area contributed by atoms with Gasteiger partial charge in [-0.3, -0.25) is 9.59 Å². The normalized spacial score (nSPS) is 12.8. The van der Waals surface area contributed by atoms with Gasteiger partial charge in [0.25, 0.3) is 5.91 Å². The molecule has 0 saturated carbocycles. The summed E-state index contributed by atoms with van der Waals surface area (Å²) >= 11 is 0. The molecule has 2 amide bonds. The highest BCUT2D eigenvalue weighted by Gasteiger charge is 2.15. The number of rotatable bonds is 5. The molecule has 0 fully saturated rings. The Morgan fingerprint density at radius 1 is 1.06 bits per heavy atom. The number of aryl methyl sites for hydroxylation is 1. The molecule has 31 heavy (non-hydrogen) atoms. The van der Waals surface area contributed by atoms with E-state index >= 15 is 0 Å². The van der Waals surface area contributed by atoms with E-state index in [1.54, 1.807) is 24.3 Å². The molecule has 154 valence electrons. The van der Waals surface area contributed by atoms with Crippen LogP contribution in [0, 0.1) is 0 Å². The number of carbonyl (C=O) groups is 2. The fraction of sp³-hybridized carbons (Fsp3) is 0.125. The highest BCUT2D eigenvalue weighted by molar-refractivity contribution is 5.94. The average Bonchev–Trinajstić information content (AvgIpc) is 3.22. The minimum Gasteiger partial charge on any atom is -0.484 e. The van der Waals surface area contributed by atoms with Crippen LogP contribution in [0.25, 0.3) is 22.6 Å². The van der Waals surface area contributed by atoms with E-state index in [0.29, 0.717) is 30.2 Å². The maximum Gasteiger partial charge on any atom is 0.262 e. The van der Waals surface area contributed by atoms with Crippen LogP contribution in [-0.4, -0.2) is 23.4 Å². The van der Waals surface area contributed by atoms with E-state index < -0.39 is 0 Å². The number of benzene rings is 3. The van der Waals surface area contributed by atoms with E-state index in [4.69, 9.17) is 9.15 Å². The molecule has 7 heteroatoms. The smallest absolute Gasteiger partial charge is 0.262 e. The first-order chi connectivity index (χ1) is 15.1. The van der Waals surface area contributed by atoms with E-state index in [0.717, 1.165) is 27.9 Å². The number of aromatic nitrogens is 1. The number of ether oxygens (including phenoxy) is 1. The van der Waals surface area contributed by atoms with Crippen LogP contribution in [0.3, 0.4) is 0 Å². The van der Waals surface area contributed by atoms with Crippen LogP contribution in [0.2, 0.25) is 0 Å². The van der Waals surface area contributed by atoms with Crippen molar-refractivity contribution < 1.29 is 18.7 Å². The molecule has 1 aliphatic rings. The fourth-order valence-electron chi connectivity index (χ4n) is 3.49. The second-order valence-electron chi connectivity index (χ2n) is 7.27. The van der Waals surface area contributed by atoms with Crippen molar-refractivity contribution in [1.29, 1.82) is 0 Å². The van der Waals surface area contributed by atoms with E-state index in [9.17, 15) is 9.59 Å². The molecule has 0 radical (unpaired) electrons. The number of para-hydroxylation sites is 2. The molecule has 1 aliphatic heterocycles. The van der Waals surface area contributed by atoms with Gasteiger partial charge in [-0.25, -0.2) is 4.98 Å². The van der Waals surface area contributed by atoms with Gasteiger partial charge in [0.1, 0.15) is 11.3 Å². The van der Waals surface area contributed by atoms with E-state index in [2.05, 4.69) is 15.6 Å². The fourth-order valence-corrected chi connectivity index (χ4v) is 3.49. The molecule has 0 unspecified atom stereocenters. The van der Waals surface area contributed by atoms with Crippen LogP contribution in [0.4, 0.5) is 11.4 Å². The van der Waals surface area contributed by atoms with Gasteiger partial charge in [0, 0.05) is 23.4 Å². The Balaban J connectivity index is 1.19. The number of hydrogen-bond acceptors (Lipinski definition) is 5. The first kappa shape index (κ1) is 18.9. The van der Waals surface area contributed by atoms with Crippen LogP contribution in [0.5, 0.6) is 5.75 Å². The number of hydrogen-bond donors (Lipinski definition) is 2. The SMILES string of the molecule is O=C(COc1ccc2c(c1)CCC(=O)N2)Nc1ccc(-c2nc3ccccc3o2)cc1. The highest BCUT2D eigenvalue weighted by Crippen LogP contribution is 2.27. The van der Waals surface area contributed by atoms with Crippen LogP contribution < -0.4 is 15.4 Å². The van der Waals surface area contributed by atoms with Gasteiger partial charge >= 0.3 is 0 Å². The van der Waals surface area contributed by atoms with Crippen molar-refractivity contribution in [2.24, 2.45) is 0 Å². The van der Waals surface area contributed by atoms with Gasteiger partial charge in [0.2, 0.25) is 11.8 Å². The summed E-state index contributed by atoms with van der Waals surface area (Å²) in [6.07, 6.45) is 1.12. The Hall–Kier alpha value is -4.13. The zero-order chi connectivity index (χ0) is 21.2. The van der Waals surface area contributed by atoms with Crippen LogP contribution in [-0.2, 0) is 16.0 Å². The molecule has 0 bridgehead atoms. The van der Waals surface area contributed by atoms with E-state index in [1.807, 2.05) is 42.5 Å². The number of nitrogens with zero attached hydrogens (tertiary/aromatic N) is 1. The predicted molar refractivity (Wildman–Crippen MR) is 117 cm³/mol. The Kier molecular flexibility index (Phi) is 4.84. The number of carbonyl (C=O) groups excluding carboxylic acids is 2. The average molecular weight is 413 g/mol. The summed E-state index contributed by atoms with van der Waals surface area (Å²) in [6, 6.07) is 20.3. The molecular weight excluding hydrogens is 394 g/mol. The summed E-state index contributed by atoms with van der Waals surface area (Å²) in [5.41, 5.74) is 4.82. The van der Waals surface area contributed by atoms with Crippen molar-refractivity contribution in [1.82, 2.24) is 4.98 Å². The van der Waals surface area contributed by atoms with Crippen molar-refractivity contribution in [3.8, 4) is 17.2 Å². The molecule has 7 nitrogen and oxygen atoms in total. The van der Waals surface area contributed by atoms with Gasteiger partial charge in [-0.1, -0.05) is 12.1 Å². The number of oxazole rings is 1. The van der Waals surface area contributed by atoms with Gasteiger partial charge in [-0.15, -0.1) is 0 Å². The highest BCUT2D eigenvalue weighted by atomic mass is 16.5. The molecule has 0 spiro atoms. The summed E-state index contributed by atoms with van der Waals surface area (Å²) in [5, 5.41) is 5.64. The minimum atomic E-state index is -0.263. The first-order valence-corrected chi connectivity index (χ1v) is 9.95. The maximum atomic E-state index is 12.3. The molecule has 2 N–H and O–H groups in total.